The van der Waals surface area contributed by atoms with Gasteiger partial charge in [0.15, 0.2) is 18.1 Å². The normalized spacial score (nSPS) is 13.8. The first-order chi connectivity index (χ1) is 20.7. The van der Waals surface area contributed by atoms with Crippen molar-refractivity contribution in [1.82, 2.24) is 0 Å². The van der Waals surface area contributed by atoms with E-state index in [1.807, 2.05) is 6.92 Å². The fraction of sp³-hybridized carbons (Fsp3) is 0.152. The summed E-state index contributed by atoms with van der Waals surface area (Å²) in [5, 5.41) is 10.5. The summed E-state index contributed by atoms with van der Waals surface area (Å²) in [7, 11) is 1.51. The molecule has 1 unspecified atom stereocenters. The zero-order valence-corrected chi connectivity index (χ0v) is 24.0. The van der Waals surface area contributed by atoms with Crippen LogP contribution < -0.4 is 29.4 Å². The van der Waals surface area contributed by atoms with Crippen LogP contribution in [0, 0.1) is 24.1 Å². The van der Waals surface area contributed by atoms with Gasteiger partial charge >= 0.3 is 5.97 Å². The number of methoxy groups -OCH3 is 1. The Bertz CT molecular complexity index is 1750. The number of ether oxygens (including phenoxy) is 5. The molecule has 1 atom stereocenters. The van der Waals surface area contributed by atoms with Crippen molar-refractivity contribution >= 4 is 17.6 Å². The molecule has 0 amide bonds. The van der Waals surface area contributed by atoms with Gasteiger partial charge in [-0.25, -0.2) is 9.18 Å². The van der Waals surface area contributed by atoms with Crippen molar-refractivity contribution < 1.29 is 32.9 Å². The number of esters is 1. The molecule has 1 aliphatic rings. The summed E-state index contributed by atoms with van der Waals surface area (Å²) >= 11 is 6.04. The van der Waals surface area contributed by atoms with Gasteiger partial charge in [0.1, 0.15) is 41.3 Å². The highest BCUT2D eigenvalue weighted by atomic mass is 35.5. The van der Waals surface area contributed by atoms with Crippen LogP contribution in [-0.2, 0) is 11.4 Å². The van der Waals surface area contributed by atoms with Crippen LogP contribution in [0.25, 0.3) is 0 Å². The molecule has 8 nitrogen and oxygen atoms in total. The number of aryl methyl sites for hydroxylation is 1. The Labute approximate surface area is 252 Å². The van der Waals surface area contributed by atoms with Gasteiger partial charge in [-0.3, -0.25) is 0 Å². The molecule has 218 valence electrons. The summed E-state index contributed by atoms with van der Waals surface area (Å²) in [4.78, 5) is 12.5. The van der Waals surface area contributed by atoms with Crippen molar-refractivity contribution in [1.29, 1.82) is 5.26 Å². The van der Waals surface area contributed by atoms with Crippen LogP contribution in [0.2, 0.25) is 5.02 Å². The number of hydrogen-bond acceptors (Lipinski definition) is 8. The van der Waals surface area contributed by atoms with E-state index in [2.05, 4.69) is 6.07 Å². The fourth-order valence-electron chi connectivity index (χ4n) is 4.58. The second kappa shape index (κ2) is 12.8. The molecule has 5 rings (SSSR count). The Morgan fingerprint density at radius 2 is 1.77 bits per heavy atom. The number of nitrogens with zero attached hydrogens (tertiary/aromatic N) is 1. The van der Waals surface area contributed by atoms with Gasteiger partial charge in [0.25, 0.3) is 0 Å². The summed E-state index contributed by atoms with van der Waals surface area (Å²) < 4.78 is 41.5. The zero-order chi connectivity index (χ0) is 30.5. The van der Waals surface area contributed by atoms with E-state index in [-0.39, 0.29) is 36.2 Å². The van der Waals surface area contributed by atoms with Crippen LogP contribution in [-0.4, -0.2) is 19.7 Å². The van der Waals surface area contributed by atoms with Gasteiger partial charge in [0, 0.05) is 16.7 Å². The predicted octanol–water partition coefficient (Wildman–Crippen LogP) is 6.58. The van der Waals surface area contributed by atoms with E-state index in [9.17, 15) is 14.4 Å². The molecule has 0 bridgehead atoms. The number of rotatable bonds is 9. The molecule has 0 aromatic heterocycles. The summed E-state index contributed by atoms with van der Waals surface area (Å²) in [6.45, 7) is 1.72. The highest BCUT2D eigenvalue weighted by Gasteiger charge is 2.32. The minimum absolute atomic E-state index is 0.0690. The van der Waals surface area contributed by atoms with Gasteiger partial charge in [0.05, 0.1) is 13.0 Å². The molecule has 4 aromatic carbocycles. The topological polar surface area (TPSA) is 113 Å². The largest absolute Gasteiger partial charge is 0.493 e. The molecular formula is C33H26ClFN2O6. The highest BCUT2D eigenvalue weighted by molar-refractivity contribution is 6.31. The summed E-state index contributed by atoms with van der Waals surface area (Å²) in [5.41, 5.74) is 9.32. The molecule has 0 spiro atoms. The average molecular weight is 601 g/mol. The maximum Gasteiger partial charge on any atom is 0.349 e. The van der Waals surface area contributed by atoms with Crippen molar-refractivity contribution in [2.45, 2.75) is 19.4 Å². The Morgan fingerprint density at radius 3 is 2.49 bits per heavy atom. The maximum absolute atomic E-state index is 13.2. The van der Waals surface area contributed by atoms with E-state index in [1.165, 1.54) is 25.3 Å². The van der Waals surface area contributed by atoms with Crippen molar-refractivity contribution in [3.8, 4) is 34.8 Å². The lowest BCUT2D eigenvalue weighted by Crippen LogP contribution is -2.22. The monoisotopic (exact) mass is 600 g/mol. The third kappa shape index (κ3) is 6.66. The number of hydrogen-bond donors (Lipinski definition) is 1. The maximum atomic E-state index is 13.2. The molecule has 43 heavy (non-hydrogen) atoms. The second-order valence-electron chi connectivity index (χ2n) is 9.62. The number of halogens is 2. The molecule has 0 aliphatic carbocycles. The first-order valence-corrected chi connectivity index (χ1v) is 13.5. The smallest absolute Gasteiger partial charge is 0.349 e. The van der Waals surface area contributed by atoms with Gasteiger partial charge in [-0.2, -0.15) is 5.26 Å². The van der Waals surface area contributed by atoms with Crippen molar-refractivity contribution in [3.63, 3.8) is 0 Å². The number of nitriles is 1. The molecule has 4 aromatic rings. The van der Waals surface area contributed by atoms with E-state index in [1.54, 1.807) is 60.7 Å². The van der Waals surface area contributed by atoms with Gasteiger partial charge in [-0.1, -0.05) is 35.9 Å². The van der Waals surface area contributed by atoms with Crippen molar-refractivity contribution in [2.24, 2.45) is 5.73 Å². The Hall–Kier alpha value is -5.20. The third-order valence-electron chi connectivity index (χ3n) is 6.74. The first kappa shape index (κ1) is 29.3. The van der Waals surface area contributed by atoms with E-state index in [4.69, 9.17) is 41.0 Å². The standard InChI is InChI=1S/C33H26ClFN2O6/c1-19-13-23(9-11-27(19)34)40-18-31(38)42-24-8-10-25-29(15-24)43-33(37)26(16-36)32(25)21-5-12-28(30(14-21)39-2)41-17-20-3-6-22(35)7-4-20/h3-15,32H,17-18,37H2,1-2H3. The number of allylic oxidation sites excluding steroid dienone is 1. The molecule has 0 fully saturated rings. The first-order valence-electron chi connectivity index (χ1n) is 13.1. The molecule has 10 heteroatoms. The third-order valence-corrected chi connectivity index (χ3v) is 7.16. The summed E-state index contributed by atoms with van der Waals surface area (Å²) in [5.74, 6) is 0.329. The molecule has 2 N–H and O–H groups in total. The van der Waals surface area contributed by atoms with E-state index in [0.29, 0.717) is 39.1 Å². The minimum atomic E-state index is -0.623. The van der Waals surface area contributed by atoms with E-state index < -0.39 is 11.9 Å². The highest BCUT2D eigenvalue weighted by Crippen LogP contribution is 2.45. The Morgan fingerprint density at radius 1 is 1.00 bits per heavy atom. The van der Waals surface area contributed by atoms with Crippen LogP contribution in [0.1, 0.15) is 28.2 Å². The van der Waals surface area contributed by atoms with Gasteiger partial charge in [0.2, 0.25) is 5.88 Å². The predicted molar refractivity (Wildman–Crippen MR) is 157 cm³/mol. The number of carbonyl (C=O) groups excluding carboxylic acids is 1. The van der Waals surface area contributed by atoms with Crippen LogP contribution >= 0.6 is 11.6 Å². The van der Waals surface area contributed by atoms with Gasteiger partial charge in [-0.05, 0) is 72.1 Å². The average Bonchev–Trinajstić information content (AvgIpc) is 3.00. The second-order valence-corrected chi connectivity index (χ2v) is 10.0. The quantitative estimate of drug-likeness (QED) is 0.169. The molecule has 0 radical (unpaired) electrons. The number of nitrogens with two attached hydrogens (primary N) is 1. The van der Waals surface area contributed by atoms with E-state index >= 15 is 0 Å². The van der Waals surface area contributed by atoms with Gasteiger partial charge in [-0.15, -0.1) is 0 Å². The van der Waals surface area contributed by atoms with E-state index in [0.717, 1.165) is 11.1 Å². The lowest BCUT2D eigenvalue weighted by atomic mass is 9.83. The summed E-state index contributed by atoms with van der Waals surface area (Å²) in [6, 6.07) is 23.4. The van der Waals surface area contributed by atoms with Crippen LogP contribution in [0.4, 0.5) is 4.39 Å². The number of benzene rings is 4. The fourth-order valence-corrected chi connectivity index (χ4v) is 4.69. The molecule has 1 aliphatic heterocycles. The van der Waals surface area contributed by atoms with Crippen LogP contribution in [0.5, 0.6) is 28.7 Å². The lowest BCUT2D eigenvalue weighted by Gasteiger charge is -2.27. The Balaban J connectivity index is 1.34. The molecule has 0 saturated carbocycles. The van der Waals surface area contributed by atoms with Crippen LogP contribution in [0.3, 0.4) is 0 Å². The number of fused-ring (bicyclic) bond motifs is 1. The van der Waals surface area contributed by atoms with Crippen molar-refractivity contribution in [3.05, 3.63) is 123 Å². The zero-order valence-electron chi connectivity index (χ0n) is 23.2. The molecule has 1 heterocycles. The van der Waals surface area contributed by atoms with Gasteiger partial charge < -0.3 is 29.4 Å². The van der Waals surface area contributed by atoms with Crippen LogP contribution in [0.15, 0.2) is 90.3 Å². The SMILES string of the molecule is COc1cc(C2C(C#N)=C(N)Oc3cc(OC(=O)COc4ccc(Cl)c(C)c4)ccc32)ccc1OCc1ccc(F)cc1. The van der Waals surface area contributed by atoms with Crippen molar-refractivity contribution in [2.75, 3.05) is 13.7 Å². The lowest BCUT2D eigenvalue weighted by molar-refractivity contribution is -0.136. The minimum Gasteiger partial charge on any atom is -0.493 e. The molecular weight excluding hydrogens is 575 g/mol. The Kier molecular flexibility index (Phi) is 8.69. The molecule has 0 saturated heterocycles. The summed E-state index contributed by atoms with van der Waals surface area (Å²) in [6.07, 6.45) is 0. The number of carbonyl (C=O) groups is 1.